The summed E-state index contributed by atoms with van der Waals surface area (Å²) >= 11 is 1.24. The number of nitrogens with one attached hydrogen (secondary N) is 2. The number of nitrogens with zero attached hydrogens (tertiary/aromatic N) is 2. The standard InChI is InChI=1S/C23H23F3N4O2S/c1-12(2)30-10-9-17(30)16-7-8-18-20(29-22(33-18)27-13(3)31)19(16)21(32)28-15-6-4-5-14(11-15)23(24,25)26/h4-8,11-12,17H,9-10H2,1-3H3,(H,28,32)(H,27,29,31). The number of likely N-dealkylation sites (tertiary alicyclic amines) is 1. The molecule has 0 spiro atoms. The lowest BCUT2D eigenvalue weighted by molar-refractivity contribution is -0.137. The van der Waals surface area contributed by atoms with E-state index in [1.54, 1.807) is 0 Å². The van der Waals surface area contributed by atoms with Gasteiger partial charge in [0.2, 0.25) is 5.91 Å². The Kier molecular flexibility index (Phi) is 6.15. The van der Waals surface area contributed by atoms with Crippen LogP contribution in [0.3, 0.4) is 0 Å². The van der Waals surface area contributed by atoms with E-state index in [0.29, 0.717) is 20.9 Å². The van der Waals surface area contributed by atoms with E-state index in [9.17, 15) is 22.8 Å². The number of benzene rings is 2. The van der Waals surface area contributed by atoms with Crippen LogP contribution in [-0.4, -0.2) is 34.3 Å². The van der Waals surface area contributed by atoms with E-state index in [1.165, 1.54) is 30.4 Å². The van der Waals surface area contributed by atoms with Gasteiger partial charge in [0.25, 0.3) is 5.91 Å². The molecule has 33 heavy (non-hydrogen) atoms. The molecule has 6 nitrogen and oxygen atoms in total. The van der Waals surface area contributed by atoms with Crippen molar-refractivity contribution >= 4 is 44.2 Å². The van der Waals surface area contributed by atoms with Gasteiger partial charge in [-0.3, -0.25) is 14.5 Å². The molecule has 1 saturated heterocycles. The van der Waals surface area contributed by atoms with Gasteiger partial charge in [-0.15, -0.1) is 0 Å². The normalized spacial score (nSPS) is 16.6. The van der Waals surface area contributed by atoms with Crippen LogP contribution in [0, 0.1) is 0 Å². The zero-order valence-electron chi connectivity index (χ0n) is 18.3. The first kappa shape index (κ1) is 23.2. The van der Waals surface area contributed by atoms with Crippen LogP contribution in [0.15, 0.2) is 36.4 Å². The molecule has 0 saturated carbocycles. The number of amides is 2. The third-order valence-corrected chi connectivity index (χ3v) is 6.57. The molecule has 0 aliphatic carbocycles. The van der Waals surface area contributed by atoms with Gasteiger partial charge >= 0.3 is 6.18 Å². The van der Waals surface area contributed by atoms with Gasteiger partial charge in [0.05, 0.1) is 21.3 Å². The van der Waals surface area contributed by atoms with Crippen LogP contribution in [0.25, 0.3) is 10.2 Å². The molecule has 10 heteroatoms. The lowest BCUT2D eigenvalue weighted by Crippen LogP contribution is -2.45. The summed E-state index contributed by atoms with van der Waals surface area (Å²) in [7, 11) is 0. The predicted octanol–water partition coefficient (Wildman–Crippen LogP) is 5.68. The Morgan fingerprint density at radius 1 is 1.18 bits per heavy atom. The van der Waals surface area contributed by atoms with Gasteiger partial charge in [-0.2, -0.15) is 13.2 Å². The largest absolute Gasteiger partial charge is 0.416 e. The van der Waals surface area contributed by atoms with Crippen molar-refractivity contribution in [1.29, 1.82) is 0 Å². The molecule has 0 bridgehead atoms. The summed E-state index contributed by atoms with van der Waals surface area (Å²) in [5.74, 6) is -0.820. The lowest BCUT2D eigenvalue weighted by atomic mass is 9.89. The molecule has 1 aliphatic heterocycles. The van der Waals surface area contributed by atoms with Crippen molar-refractivity contribution in [2.75, 3.05) is 17.2 Å². The fourth-order valence-electron chi connectivity index (χ4n) is 4.06. The average Bonchev–Trinajstić information content (AvgIpc) is 3.07. The molecule has 174 valence electrons. The van der Waals surface area contributed by atoms with Gasteiger partial charge in [-0.25, -0.2) is 4.98 Å². The number of fused-ring (bicyclic) bond motifs is 1. The highest BCUT2D eigenvalue weighted by Crippen LogP contribution is 2.41. The van der Waals surface area contributed by atoms with Crippen molar-refractivity contribution in [2.45, 2.75) is 45.5 Å². The van der Waals surface area contributed by atoms with Crippen molar-refractivity contribution in [3.63, 3.8) is 0 Å². The lowest BCUT2D eigenvalue weighted by Gasteiger charge is -2.44. The number of halogens is 3. The van der Waals surface area contributed by atoms with E-state index < -0.39 is 17.6 Å². The first-order valence-electron chi connectivity index (χ1n) is 10.5. The Bertz CT molecular complexity index is 1220. The number of aromatic nitrogens is 1. The maximum absolute atomic E-state index is 13.4. The number of hydrogen-bond donors (Lipinski definition) is 2. The molecule has 1 fully saturated rings. The van der Waals surface area contributed by atoms with Crippen LogP contribution in [0.1, 0.15) is 54.7 Å². The third kappa shape index (κ3) is 4.72. The predicted molar refractivity (Wildman–Crippen MR) is 123 cm³/mol. The average molecular weight is 477 g/mol. The molecule has 1 aromatic heterocycles. The summed E-state index contributed by atoms with van der Waals surface area (Å²) in [6, 6.07) is 8.54. The van der Waals surface area contributed by atoms with E-state index in [0.717, 1.165) is 30.7 Å². The zero-order chi connectivity index (χ0) is 23.9. The monoisotopic (exact) mass is 476 g/mol. The Balaban J connectivity index is 1.77. The van der Waals surface area contributed by atoms with E-state index in [1.807, 2.05) is 12.1 Å². The number of alkyl halides is 3. The second kappa shape index (κ2) is 8.75. The van der Waals surface area contributed by atoms with Gasteiger partial charge in [0, 0.05) is 31.2 Å². The highest BCUT2D eigenvalue weighted by atomic mass is 32.1. The number of anilines is 2. The molecule has 1 atom stereocenters. The van der Waals surface area contributed by atoms with Gasteiger partial charge in [-0.05, 0) is 50.1 Å². The third-order valence-electron chi connectivity index (χ3n) is 5.63. The molecule has 2 heterocycles. The summed E-state index contributed by atoms with van der Waals surface area (Å²) in [5, 5.41) is 5.62. The molecular weight excluding hydrogens is 453 g/mol. The SMILES string of the molecule is CC(=O)Nc1nc2c(C(=O)Nc3cccc(C(F)(F)F)c3)c(C3CCN3C(C)C)ccc2s1. The Morgan fingerprint density at radius 3 is 2.55 bits per heavy atom. The van der Waals surface area contributed by atoms with Crippen molar-refractivity contribution < 1.29 is 22.8 Å². The number of carbonyl (C=O) groups is 2. The number of carbonyl (C=O) groups excluding carboxylic acids is 2. The van der Waals surface area contributed by atoms with Gasteiger partial charge in [-0.1, -0.05) is 23.5 Å². The van der Waals surface area contributed by atoms with Crippen LogP contribution in [0.5, 0.6) is 0 Å². The minimum Gasteiger partial charge on any atom is -0.322 e. The van der Waals surface area contributed by atoms with E-state index in [4.69, 9.17) is 0 Å². The maximum Gasteiger partial charge on any atom is 0.416 e. The Morgan fingerprint density at radius 2 is 1.94 bits per heavy atom. The first-order valence-corrected chi connectivity index (χ1v) is 11.3. The van der Waals surface area contributed by atoms with Crippen molar-refractivity contribution in [3.8, 4) is 0 Å². The molecule has 4 rings (SSSR count). The van der Waals surface area contributed by atoms with E-state index >= 15 is 0 Å². The molecule has 3 aromatic rings. The van der Waals surface area contributed by atoms with E-state index in [2.05, 4.69) is 34.4 Å². The Hall–Kier alpha value is -2.98. The number of hydrogen-bond acceptors (Lipinski definition) is 5. The van der Waals surface area contributed by atoms with Gasteiger partial charge < -0.3 is 10.6 Å². The summed E-state index contributed by atoms with van der Waals surface area (Å²) < 4.78 is 40.1. The molecule has 1 aliphatic rings. The van der Waals surface area contributed by atoms with Crippen molar-refractivity contribution in [3.05, 3.63) is 53.1 Å². The first-order chi connectivity index (χ1) is 15.5. The van der Waals surface area contributed by atoms with Gasteiger partial charge in [0.15, 0.2) is 5.13 Å². The van der Waals surface area contributed by atoms with Crippen LogP contribution in [0.4, 0.5) is 24.0 Å². The second-order valence-electron chi connectivity index (χ2n) is 8.25. The zero-order valence-corrected chi connectivity index (χ0v) is 19.1. The molecular formula is C23H23F3N4O2S. The van der Waals surface area contributed by atoms with Crippen LogP contribution >= 0.6 is 11.3 Å². The van der Waals surface area contributed by atoms with Crippen molar-refractivity contribution in [2.24, 2.45) is 0 Å². The van der Waals surface area contributed by atoms with Crippen LogP contribution in [0.2, 0.25) is 0 Å². The fraction of sp³-hybridized carbons (Fsp3) is 0.348. The molecule has 2 amide bonds. The quantitative estimate of drug-likeness (QED) is 0.497. The van der Waals surface area contributed by atoms with Crippen LogP contribution < -0.4 is 10.6 Å². The number of rotatable bonds is 5. The highest BCUT2D eigenvalue weighted by Gasteiger charge is 2.35. The van der Waals surface area contributed by atoms with Crippen LogP contribution in [-0.2, 0) is 11.0 Å². The molecule has 2 N–H and O–H groups in total. The summed E-state index contributed by atoms with van der Waals surface area (Å²) in [6.07, 6.45) is -3.66. The molecule has 1 unspecified atom stereocenters. The van der Waals surface area contributed by atoms with E-state index in [-0.39, 0.29) is 23.7 Å². The highest BCUT2D eigenvalue weighted by molar-refractivity contribution is 7.22. The summed E-state index contributed by atoms with van der Waals surface area (Å²) in [5.41, 5.74) is 0.704. The topological polar surface area (TPSA) is 74.3 Å². The Labute approximate surface area is 192 Å². The minimum atomic E-state index is -4.52. The summed E-state index contributed by atoms with van der Waals surface area (Å²) in [4.78, 5) is 31.6. The smallest absolute Gasteiger partial charge is 0.322 e. The van der Waals surface area contributed by atoms with Crippen molar-refractivity contribution in [1.82, 2.24) is 9.88 Å². The molecule has 2 aromatic carbocycles. The minimum absolute atomic E-state index is 0.00238. The second-order valence-corrected chi connectivity index (χ2v) is 9.28. The maximum atomic E-state index is 13.4. The molecule has 0 radical (unpaired) electrons. The number of thiazole rings is 1. The fourth-order valence-corrected chi connectivity index (χ4v) is 4.98. The summed E-state index contributed by atoms with van der Waals surface area (Å²) in [6.45, 7) is 6.41. The van der Waals surface area contributed by atoms with Gasteiger partial charge in [0.1, 0.15) is 0 Å².